The Morgan fingerprint density at radius 3 is 2.64 bits per heavy atom. The largest absolute Gasteiger partial charge is 0.573 e. The first-order valence-corrected chi connectivity index (χ1v) is 10.4. The van der Waals surface area contributed by atoms with Gasteiger partial charge < -0.3 is 24.7 Å². The minimum absolute atomic E-state index is 0.174. The van der Waals surface area contributed by atoms with Gasteiger partial charge in [-0.1, -0.05) is 30.3 Å². The van der Waals surface area contributed by atoms with Crippen molar-refractivity contribution in [2.24, 2.45) is 0 Å². The van der Waals surface area contributed by atoms with E-state index in [-0.39, 0.29) is 24.4 Å². The fraction of sp³-hybridized carbons (Fsp3) is 0.304. The number of aromatic amines is 1. The number of nitrogens with zero attached hydrogens (tertiary/aromatic N) is 2. The topological polar surface area (TPSA) is 79.5 Å². The number of rotatable bonds is 5. The summed E-state index contributed by atoms with van der Waals surface area (Å²) in [5, 5.41) is 3.01. The van der Waals surface area contributed by atoms with Crippen LogP contribution in [-0.4, -0.2) is 47.0 Å². The molecule has 0 spiro atoms. The second-order valence-electron chi connectivity index (χ2n) is 7.62. The van der Waals surface area contributed by atoms with Crippen molar-refractivity contribution in [3.05, 3.63) is 72.2 Å². The van der Waals surface area contributed by atoms with Gasteiger partial charge in [0.2, 0.25) is 0 Å². The molecule has 0 bridgehead atoms. The van der Waals surface area contributed by atoms with Crippen LogP contribution in [0.15, 0.2) is 60.8 Å². The summed E-state index contributed by atoms with van der Waals surface area (Å²) in [6, 6.07) is 14.3. The number of urea groups is 1. The van der Waals surface area contributed by atoms with Crippen molar-refractivity contribution in [1.82, 2.24) is 20.2 Å². The second-order valence-corrected chi connectivity index (χ2v) is 7.62. The number of benzene rings is 2. The molecule has 174 valence electrons. The Hall–Kier alpha value is -3.53. The lowest BCUT2D eigenvalue weighted by Gasteiger charge is -2.35. The van der Waals surface area contributed by atoms with Gasteiger partial charge in [-0.25, -0.2) is 9.78 Å². The Morgan fingerprint density at radius 2 is 1.94 bits per heavy atom. The average molecular weight is 460 g/mol. The molecular weight excluding hydrogens is 437 g/mol. The molecule has 33 heavy (non-hydrogen) atoms. The van der Waals surface area contributed by atoms with E-state index in [1.807, 2.05) is 37.3 Å². The lowest BCUT2D eigenvalue weighted by atomic mass is 10.1. The molecular formula is C23H23F3N4O3. The minimum Gasteiger partial charge on any atom is -0.406 e. The van der Waals surface area contributed by atoms with Crippen molar-refractivity contribution in [2.45, 2.75) is 25.4 Å². The zero-order valence-electron chi connectivity index (χ0n) is 17.8. The number of hydrogen-bond donors (Lipinski definition) is 2. The standard InChI is InChI=1S/C23H23F3N4O3/c1-15(16-5-3-2-4-6-16)28-22(31)30-11-12-32-14-20(30)21-27-13-19(29-21)17-7-9-18(10-8-17)33-23(24,25)26/h2-10,13,15,20H,11-12,14H2,1H3,(H,27,29)(H,28,31). The Kier molecular flexibility index (Phi) is 6.55. The van der Waals surface area contributed by atoms with Crippen LogP contribution >= 0.6 is 0 Å². The maximum absolute atomic E-state index is 13.0. The summed E-state index contributed by atoms with van der Waals surface area (Å²) >= 11 is 0. The van der Waals surface area contributed by atoms with E-state index in [1.165, 1.54) is 24.3 Å². The van der Waals surface area contributed by atoms with E-state index in [4.69, 9.17) is 4.74 Å². The summed E-state index contributed by atoms with van der Waals surface area (Å²) in [6.07, 6.45) is -3.17. The molecule has 1 aliphatic rings. The van der Waals surface area contributed by atoms with Crippen molar-refractivity contribution < 1.29 is 27.4 Å². The van der Waals surface area contributed by atoms with Crippen molar-refractivity contribution in [2.75, 3.05) is 19.8 Å². The molecule has 0 saturated carbocycles. The quantitative estimate of drug-likeness (QED) is 0.572. The molecule has 3 aromatic rings. The first kappa shape index (κ1) is 22.7. The maximum Gasteiger partial charge on any atom is 0.573 e. The van der Waals surface area contributed by atoms with Gasteiger partial charge in [-0.2, -0.15) is 0 Å². The summed E-state index contributed by atoms with van der Waals surface area (Å²) in [5.41, 5.74) is 2.23. The number of nitrogens with one attached hydrogen (secondary N) is 2. The first-order chi connectivity index (χ1) is 15.8. The van der Waals surface area contributed by atoms with Gasteiger partial charge >= 0.3 is 12.4 Å². The fourth-order valence-corrected chi connectivity index (χ4v) is 3.66. The van der Waals surface area contributed by atoms with Gasteiger partial charge in [0.25, 0.3) is 0 Å². The number of carbonyl (C=O) groups excluding carboxylic acids is 1. The third-order valence-corrected chi connectivity index (χ3v) is 5.34. The number of carbonyl (C=O) groups is 1. The lowest BCUT2D eigenvalue weighted by Crippen LogP contribution is -2.48. The number of amides is 2. The molecule has 2 N–H and O–H groups in total. The second kappa shape index (κ2) is 9.53. The molecule has 0 aliphatic carbocycles. The summed E-state index contributed by atoms with van der Waals surface area (Å²) in [6.45, 7) is 3.01. The zero-order valence-corrected chi connectivity index (χ0v) is 17.8. The SMILES string of the molecule is CC(NC(=O)N1CCOCC1c1ncc(-c2ccc(OC(F)(F)F)cc2)[nH]1)c1ccccc1. The molecule has 2 aromatic carbocycles. The molecule has 1 fully saturated rings. The number of imidazole rings is 1. The predicted molar refractivity (Wildman–Crippen MR) is 114 cm³/mol. The highest BCUT2D eigenvalue weighted by Gasteiger charge is 2.32. The van der Waals surface area contributed by atoms with Gasteiger partial charge in [-0.05, 0) is 42.3 Å². The molecule has 2 amide bonds. The van der Waals surface area contributed by atoms with Gasteiger partial charge in [-0.3, -0.25) is 0 Å². The minimum atomic E-state index is -4.74. The van der Waals surface area contributed by atoms with E-state index in [0.717, 1.165) is 5.56 Å². The highest BCUT2D eigenvalue weighted by molar-refractivity contribution is 5.75. The molecule has 4 rings (SSSR count). The van der Waals surface area contributed by atoms with Gasteiger partial charge in [0.05, 0.1) is 31.1 Å². The Balaban J connectivity index is 1.47. The van der Waals surface area contributed by atoms with Crippen molar-refractivity contribution >= 4 is 6.03 Å². The number of halogens is 3. The van der Waals surface area contributed by atoms with Gasteiger partial charge in [0.1, 0.15) is 17.6 Å². The van der Waals surface area contributed by atoms with Crippen LogP contribution in [0, 0.1) is 0 Å². The van der Waals surface area contributed by atoms with Crippen molar-refractivity contribution in [3.63, 3.8) is 0 Å². The predicted octanol–water partition coefficient (Wildman–Crippen LogP) is 4.82. The molecule has 2 atom stereocenters. The van der Waals surface area contributed by atoms with Crippen LogP contribution in [0.2, 0.25) is 0 Å². The van der Waals surface area contributed by atoms with Crippen LogP contribution in [0.5, 0.6) is 5.75 Å². The van der Waals surface area contributed by atoms with E-state index in [1.54, 1.807) is 11.1 Å². The summed E-state index contributed by atoms with van der Waals surface area (Å²) in [5.74, 6) is 0.227. The number of morpholine rings is 1. The number of ether oxygens (including phenoxy) is 2. The van der Waals surface area contributed by atoms with Crippen LogP contribution in [0.1, 0.15) is 30.4 Å². The zero-order chi connectivity index (χ0) is 23.4. The Bertz CT molecular complexity index is 1070. The van der Waals surface area contributed by atoms with Crippen molar-refractivity contribution in [3.8, 4) is 17.0 Å². The average Bonchev–Trinajstić information content (AvgIpc) is 3.29. The van der Waals surface area contributed by atoms with Gasteiger partial charge in [0.15, 0.2) is 0 Å². The number of H-pyrrole nitrogens is 1. The summed E-state index contributed by atoms with van der Waals surface area (Å²) in [7, 11) is 0. The van der Waals surface area contributed by atoms with Gasteiger partial charge in [0, 0.05) is 6.54 Å². The van der Waals surface area contributed by atoms with Crippen LogP contribution in [0.25, 0.3) is 11.3 Å². The highest BCUT2D eigenvalue weighted by Crippen LogP contribution is 2.28. The Morgan fingerprint density at radius 1 is 1.21 bits per heavy atom. The molecule has 10 heteroatoms. The third-order valence-electron chi connectivity index (χ3n) is 5.34. The summed E-state index contributed by atoms with van der Waals surface area (Å²) < 4.78 is 46.6. The molecule has 1 aromatic heterocycles. The number of alkyl halides is 3. The Labute approximate surface area is 188 Å². The van der Waals surface area contributed by atoms with Crippen molar-refractivity contribution in [1.29, 1.82) is 0 Å². The van der Waals surface area contributed by atoms with Gasteiger partial charge in [-0.15, -0.1) is 13.2 Å². The van der Waals surface area contributed by atoms with Crippen LogP contribution < -0.4 is 10.1 Å². The monoisotopic (exact) mass is 460 g/mol. The number of aromatic nitrogens is 2. The van der Waals surface area contributed by atoms with E-state index in [9.17, 15) is 18.0 Å². The normalized spacial score (nSPS) is 17.5. The van der Waals surface area contributed by atoms with Crippen LogP contribution in [0.4, 0.5) is 18.0 Å². The molecule has 2 unspecified atom stereocenters. The molecule has 7 nitrogen and oxygen atoms in total. The molecule has 2 heterocycles. The lowest BCUT2D eigenvalue weighted by molar-refractivity contribution is -0.274. The molecule has 0 radical (unpaired) electrons. The smallest absolute Gasteiger partial charge is 0.406 e. The molecule has 1 saturated heterocycles. The third kappa shape index (κ3) is 5.64. The fourth-order valence-electron chi connectivity index (χ4n) is 3.66. The van der Waals surface area contributed by atoms with Crippen LogP contribution in [-0.2, 0) is 4.74 Å². The van der Waals surface area contributed by atoms with E-state index in [2.05, 4.69) is 20.0 Å². The summed E-state index contributed by atoms with van der Waals surface area (Å²) in [4.78, 5) is 22.2. The highest BCUT2D eigenvalue weighted by atomic mass is 19.4. The maximum atomic E-state index is 13.0. The van der Waals surface area contributed by atoms with E-state index in [0.29, 0.717) is 30.2 Å². The number of hydrogen-bond acceptors (Lipinski definition) is 4. The molecule has 1 aliphatic heterocycles. The first-order valence-electron chi connectivity index (χ1n) is 10.4. The van der Waals surface area contributed by atoms with E-state index >= 15 is 0 Å². The van der Waals surface area contributed by atoms with E-state index < -0.39 is 12.4 Å². The van der Waals surface area contributed by atoms with Crippen LogP contribution in [0.3, 0.4) is 0 Å².